The number of para-hydroxylation sites is 1. The SMILES string of the molecule is COc1ccccc1[C@H](C[NH3+])S(=O)(=O)c1ccccc1. The highest BCUT2D eigenvalue weighted by Crippen LogP contribution is 2.33. The summed E-state index contributed by atoms with van der Waals surface area (Å²) in [7, 11) is -1.94. The van der Waals surface area contributed by atoms with Crippen LogP contribution in [0.5, 0.6) is 5.75 Å². The van der Waals surface area contributed by atoms with E-state index in [2.05, 4.69) is 5.73 Å². The summed E-state index contributed by atoms with van der Waals surface area (Å²) in [6.07, 6.45) is 0. The van der Waals surface area contributed by atoms with E-state index < -0.39 is 15.1 Å². The van der Waals surface area contributed by atoms with Gasteiger partial charge in [-0.3, -0.25) is 0 Å². The second-order valence-corrected chi connectivity index (χ2v) is 6.51. The molecule has 0 aromatic heterocycles. The van der Waals surface area contributed by atoms with Gasteiger partial charge in [0.05, 0.1) is 18.6 Å². The summed E-state index contributed by atoms with van der Waals surface area (Å²) in [5.74, 6) is 0.570. The van der Waals surface area contributed by atoms with Crippen molar-refractivity contribution in [1.29, 1.82) is 0 Å². The van der Waals surface area contributed by atoms with Gasteiger partial charge in [-0.1, -0.05) is 36.4 Å². The molecule has 3 N–H and O–H groups in total. The first kappa shape index (κ1) is 14.6. The van der Waals surface area contributed by atoms with E-state index in [4.69, 9.17) is 4.74 Å². The second-order valence-electron chi connectivity index (χ2n) is 4.38. The number of ether oxygens (including phenoxy) is 1. The Hall–Kier alpha value is -1.85. The van der Waals surface area contributed by atoms with Crippen LogP contribution in [0, 0.1) is 0 Å². The van der Waals surface area contributed by atoms with Crippen LogP contribution < -0.4 is 10.5 Å². The number of rotatable bonds is 5. The van der Waals surface area contributed by atoms with E-state index >= 15 is 0 Å². The third-order valence-electron chi connectivity index (χ3n) is 3.19. The molecule has 0 fully saturated rings. The molecule has 4 nitrogen and oxygen atoms in total. The van der Waals surface area contributed by atoms with Gasteiger partial charge in [0, 0.05) is 5.56 Å². The topological polar surface area (TPSA) is 71.0 Å². The zero-order chi connectivity index (χ0) is 14.6. The largest absolute Gasteiger partial charge is 0.496 e. The molecule has 0 aliphatic heterocycles. The Balaban J connectivity index is 2.53. The highest BCUT2D eigenvalue weighted by Gasteiger charge is 2.31. The zero-order valence-electron chi connectivity index (χ0n) is 11.3. The average molecular weight is 292 g/mol. The normalized spacial score (nSPS) is 12.9. The average Bonchev–Trinajstić information content (AvgIpc) is 2.49. The van der Waals surface area contributed by atoms with Crippen molar-refractivity contribution in [3.8, 4) is 5.75 Å². The van der Waals surface area contributed by atoms with Gasteiger partial charge in [0.1, 0.15) is 11.0 Å². The quantitative estimate of drug-likeness (QED) is 0.906. The van der Waals surface area contributed by atoms with Gasteiger partial charge in [-0.05, 0) is 18.2 Å². The molecule has 0 heterocycles. The molecule has 2 aromatic rings. The van der Waals surface area contributed by atoms with E-state index in [1.807, 2.05) is 6.07 Å². The predicted molar refractivity (Wildman–Crippen MR) is 77.1 cm³/mol. The minimum atomic E-state index is -3.48. The molecule has 0 radical (unpaired) electrons. The van der Waals surface area contributed by atoms with Crippen molar-refractivity contribution in [2.45, 2.75) is 10.1 Å². The first-order chi connectivity index (χ1) is 9.61. The lowest BCUT2D eigenvalue weighted by Gasteiger charge is -2.17. The summed E-state index contributed by atoms with van der Waals surface area (Å²) < 4.78 is 30.7. The van der Waals surface area contributed by atoms with E-state index in [0.29, 0.717) is 16.2 Å². The van der Waals surface area contributed by atoms with Gasteiger partial charge in [-0.2, -0.15) is 0 Å². The minimum Gasteiger partial charge on any atom is -0.496 e. The monoisotopic (exact) mass is 292 g/mol. The molecular weight excluding hydrogens is 274 g/mol. The number of methoxy groups -OCH3 is 1. The predicted octanol–water partition coefficient (Wildman–Crippen LogP) is 1.45. The fourth-order valence-electron chi connectivity index (χ4n) is 2.18. The maximum atomic E-state index is 12.7. The Morgan fingerprint density at radius 1 is 1.05 bits per heavy atom. The lowest BCUT2D eigenvalue weighted by Crippen LogP contribution is -2.54. The molecule has 0 saturated heterocycles. The smallest absolute Gasteiger partial charge is 0.191 e. The molecule has 5 heteroatoms. The van der Waals surface area contributed by atoms with Crippen LogP contribution in [-0.2, 0) is 9.84 Å². The fourth-order valence-corrected chi connectivity index (χ4v) is 3.89. The van der Waals surface area contributed by atoms with Crippen LogP contribution in [0.25, 0.3) is 0 Å². The second kappa shape index (κ2) is 6.07. The van der Waals surface area contributed by atoms with Crippen LogP contribution in [-0.4, -0.2) is 22.1 Å². The third-order valence-corrected chi connectivity index (χ3v) is 5.36. The van der Waals surface area contributed by atoms with E-state index in [1.54, 1.807) is 48.5 Å². The van der Waals surface area contributed by atoms with Crippen molar-refractivity contribution >= 4 is 9.84 Å². The van der Waals surface area contributed by atoms with Crippen molar-refractivity contribution < 1.29 is 18.9 Å². The lowest BCUT2D eigenvalue weighted by atomic mass is 10.1. The standard InChI is InChI=1S/C15H17NO3S/c1-19-14-10-6-5-9-13(14)15(11-16)20(17,18)12-7-3-2-4-8-12/h2-10,15H,11,16H2,1H3/p+1/t15-/m0/s1. The molecule has 0 spiro atoms. The van der Waals surface area contributed by atoms with Crippen LogP contribution in [0.1, 0.15) is 10.8 Å². The first-order valence-corrected chi connectivity index (χ1v) is 7.87. The van der Waals surface area contributed by atoms with Crippen molar-refractivity contribution in [3.05, 3.63) is 60.2 Å². The van der Waals surface area contributed by atoms with Crippen molar-refractivity contribution in [2.24, 2.45) is 0 Å². The Morgan fingerprint density at radius 3 is 2.25 bits per heavy atom. The lowest BCUT2D eigenvalue weighted by molar-refractivity contribution is -0.367. The van der Waals surface area contributed by atoms with E-state index in [1.165, 1.54) is 7.11 Å². The van der Waals surface area contributed by atoms with Gasteiger partial charge in [-0.15, -0.1) is 0 Å². The number of hydrogen-bond donors (Lipinski definition) is 1. The third kappa shape index (κ3) is 2.69. The van der Waals surface area contributed by atoms with Crippen LogP contribution in [0.3, 0.4) is 0 Å². The summed E-state index contributed by atoms with van der Waals surface area (Å²) in [5.41, 5.74) is 4.44. The number of sulfone groups is 1. The Kier molecular flexibility index (Phi) is 4.42. The maximum absolute atomic E-state index is 12.7. The van der Waals surface area contributed by atoms with Gasteiger partial charge < -0.3 is 10.5 Å². The maximum Gasteiger partial charge on any atom is 0.191 e. The number of benzene rings is 2. The highest BCUT2D eigenvalue weighted by molar-refractivity contribution is 7.91. The summed E-state index contributed by atoms with van der Waals surface area (Å²) in [4.78, 5) is 0.305. The molecule has 2 aromatic carbocycles. The van der Waals surface area contributed by atoms with Gasteiger partial charge in [-0.25, -0.2) is 8.42 Å². The summed E-state index contributed by atoms with van der Waals surface area (Å²) in [6, 6.07) is 15.6. The van der Waals surface area contributed by atoms with Gasteiger partial charge in [0.25, 0.3) is 0 Å². The molecule has 1 atom stereocenters. The molecular formula is C15H18NO3S+. The van der Waals surface area contributed by atoms with Gasteiger partial charge in [0.2, 0.25) is 0 Å². The highest BCUT2D eigenvalue weighted by atomic mass is 32.2. The molecule has 0 saturated carbocycles. The Labute approximate surface area is 119 Å². The zero-order valence-corrected chi connectivity index (χ0v) is 12.1. The molecule has 0 bridgehead atoms. The fraction of sp³-hybridized carbons (Fsp3) is 0.200. The van der Waals surface area contributed by atoms with Gasteiger partial charge in [0.15, 0.2) is 9.84 Å². The Bertz CT molecular complexity index is 669. The molecule has 0 unspecified atom stereocenters. The van der Waals surface area contributed by atoms with Crippen LogP contribution in [0.15, 0.2) is 59.5 Å². The van der Waals surface area contributed by atoms with Crippen LogP contribution in [0.2, 0.25) is 0 Å². The Morgan fingerprint density at radius 2 is 1.65 bits per heavy atom. The first-order valence-electron chi connectivity index (χ1n) is 6.32. The van der Waals surface area contributed by atoms with E-state index in [9.17, 15) is 8.42 Å². The van der Waals surface area contributed by atoms with Crippen LogP contribution >= 0.6 is 0 Å². The number of hydrogen-bond acceptors (Lipinski definition) is 3. The molecule has 0 aliphatic rings. The minimum absolute atomic E-state index is 0.248. The molecule has 106 valence electrons. The van der Waals surface area contributed by atoms with Gasteiger partial charge >= 0.3 is 0 Å². The summed E-state index contributed by atoms with van der Waals surface area (Å²) in [5, 5.41) is -0.707. The van der Waals surface area contributed by atoms with E-state index in [-0.39, 0.29) is 6.54 Å². The number of quaternary nitrogens is 1. The molecule has 2 rings (SSSR count). The molecule has 0 aliphatic carbocycles. The van der Waals surface area contributed by atoms with E-state index in [0.717, 1.165) is 0 Å². The summed E-state index contributed by atoms with van der Waals surface area (Å²) >= 11 is 0. The molecule has 0 amide bonds. The van der Waals surface area contributed by atoms with Crippen molar-refractivity contribution in [3.63, 3.8) is 0 Å². The summed E-state index contributed by atoms with van der Waals surface area (Å²) in [6.45, 7) is 0.248. The van der Waals surface area contributed by atoms with Crippen molar-refractivity contribution in [1.82, 2.24) is 0 Å². The van der Waals surface area contributed by atoms with Crippen molar-refractivity contribution in [2.75, 3.05) is 13.7 Å². The molecule has 20 heavy (non-hydrogen) atoms. The van der Waals surface area contributed by atoms with Crippen LogP contribution in [0.4, 0.5) is 0 Å².